The van der Waals surface area contributed by atoms with Gasteiger partial charge in [-0.25, -0.2) is 4.39 Å². The fourth-order valence-electron chi connectivity index (χ4n) is 3.11. The number of hydrogen-bond acceptors (Lipinski definition) is 6. The van der Waals surface area contributed by atoms with E-state index in [4.69, 9.17) is 0 Å². The normalized spacial score (nSPS) is 13.2. The molecule has 1 aliphatic rings. The Balaban J connectivity index is 1.31. The topological polar surface area (TPSA) is 58.1 Å². The quantitative estimate of drug-likeness (QED) is 0.608. The van der Waals surface area contributed by atoms with Gasteiger partial charge >= 0.3 is 0 Å². The molecule has 0 bridgehead atoms. The maximum absolute atomic E-state index is 12.9. The van der Waals surface area contributed by atoms with Gasteiger partial charge in [-0.2, -0.15) is 0 Å². The first-order chi connectivity index (χ1) is 13.7. The molecule has 8 heteroatoms. The number of aryl methyl sites for hydroxylation is 1. The highest BCUT2D eigenvalue weighted by Gasteiger charge is 2.22. The molecule has 4 rings (SSSR count). The molecule has 2 heterocycles. The number of anilines is 2. The maximum Gasteiger partial charge on any atom is 0.237 e. The largest absolute Gasteiger partial charge is 0.356 e. The number of halogens is 1. The number of hydrogen-bond donors (Lipinski definition) is 1. The Kier molecular flexibility index (Phi) is 5.87. The molecule has 3 aromatic rings. The summed E-state index contributed by atoms with van der Waals surface area (Å²) in [7, 11) is 0. The van der Waals surface area contributed by atoms with Gasteiger partial charge < -0.3 is 10.2 Å². The number of rotatable bonds is 6. The number of carbonyl (C=O) groups excluding carboxylic acids is 1. The van der Waals surface area contributed by atoms with Crippen molar-refractivity contribution in [1.82, 2.24) is 10.2 Å². The molecule has 2 aromatic carbocycles. The van der Waals surface area contributed by atoms with Gasteiger partial charge in [0.05, 0.1) is 5.75 Å². The lowest BCUT2D eigenvalue weighted by molar-refractivity contribution is -0.116. The Morgan fingerprint density at radius 3 is 2.86 bits per heavy atom. The van der Waals surface area contributed by atoms with Crippen LogP contribution >= 0.6 is 23.1 Å². The van der Waals surface area contributed by atoms with Gasteiger partial charge in [-0.3, -0.25) is 4.79 Å². The van der Waals surface area contributed by atoms with E-state index in [1.807, 2.05) is 23.1 Å². The van der Waals surface area contributed by atoms with Gasteiger partial charge in [0.25, 0.3) is 0 Å². The van der Waals surface area contributed by atoms with Crippen LogP contribution in [0.1, 0.15) is 17.5 Å². The lowest BCUT2D eigenvalue weighted by atomic mass is 10.0. The second-order valence-electron chi connectivity index (χ2n) is 6.42. The minimum absolute atomic E-state index is 0.0909. The standard InChI is InChI=1S/C20H19FN4OS2/c21-16-9-7-14(8-10-16)12-22-19-23-24-20(28-19)27-13-18(26)25-11-3-5-15-4-1-2-6-17(15)25/h1-2,4,6-10H,3,5,11-13H2,(H,22,23). The Morgan fingerprint density at radius 1 is 1.18 bits per heavy atom. The molecule has 144 valence electrons. The van der Waals surface area contributed by atoms with Crippen molar-refractivity contribution in [2.24, 2.45) is 0 Å². The zero-order valence-corrected chi connectivity index (χ0v) is 16.7. The zero-order valence-electron chi connectivity index (χ0n) is 15.1. The third-order valence-corrected chi connectivity index (χ3v) is 6.49. The molecule has 0 radical (unpaired) electrons. The van der Waals surface area contributed by atoms with E-state index in [-0.39, 0.29) is 11.7 Å². The number of amides is 1. The van der Waals surface area contributed by atoms with Crippen LogP contribution in [-0.4, -0.2) is 28.4 Å². The average Bonchev–Trinajstić information content (AvgIpc) is 3.19. The molecule has 0 saturated heterocycles. The summed E-state index contributed by atoms with van der Waals surface area (Å²) >= 11 is 2.82. The summed E-state index contributed by atoms with van der Waals surface area (Å²) in [5, 5.41) is 12.1. The molecule has 0 spiro atoms. The smallest absolute Gasteiger partial charge is 0.237 e. The monoisotopic (exact) mass is 414 g/mol. The summed E-state index contributed by atoms with van der Waals surface area (Å²) in [5.74, 6) is 0.175. The van der Waals surface area contributed by atoms with Gasteiger partial charge in [-0.1, -0.05) is 53.4 Å². The minimum Gasteiger partial charge on any atom is -0.356 e. The summed E-state index contributed by atoms with van der Waals surface area (Å²) in [6.45, 7) is 1.31. The number of nitrogens with one attached hydrogen (secondary N) is 1. The molecule has 1 N–H and O–H groups in total. The molecule has 1 aromatic heterocycles. The SMILES string of the molecule is O=C(CSc1nnc(NCc2ccc(F)cc2)s1)N1CCCc2ccccc21. The molecule has 0 atom stereocenters. The van der Waals surface area contributed by atoms with Crippen LogP contribution in [0.4, 0.5) is 15.2 Å². The van der Waals surface area contributed by atoms with Crippen LogP contribution in [-0.2, 0) is 17.8 Å². The Bertz CT molecular complexity index is 961. The van der Waals surface area contributed by atoms with Crippen LogP contribution < -0.4 is 10.2 Å². The van der Waals surface area contributed by atoms with Crippen LogP contribution in [0.15, 0.2) is 52.9 Å². The first kappa shape index (κ1) is 18.9. The molecule has 28 heavy (non-hydrogen) atoms. The van der Waals surface area contributed by atoms with E-state index < -0.39 is 0 Å². The third kappa shape index (κ3) is 4.51. The number of carbonyl (C=O) groups is 1. The van der Waals surface area contributed by atoms with Crippen molar-refractivity contribution in [3.8, 4) is 0 Å². The molecular formula is C20H19FN4OS2. The van der Waals surface area contributed by atoms with Crippen molar-refractivity contribution in [2.45, 2.75) is 23.7 Å². The first-order valence-corrected chi connectivity index (χ1v) is 10.8. The zero-order chi connectivity index (χ0) is 19.3. The van der Waals surface area contributed by atoms with E-state index >= 15 is 0 Å². The molecule has 5 nitrogen and oxygen atoms in total. The minimum atomic E-state index is -0.251. The molecule has 1 amide bonds. The highest BCUT2D eigenvalue weighted by atomic mass is 32.2. The van der Waals surface area contributed by atoms with E-state index in [9.17, 15) is 9.18 Å². The number of aromatic nitrogens is 2. The number of para-hydroxylation sites is 1. The van der Waals surface area contributed by atoms with E-state index in [2.05, 4.69) is 21.6 Å². The van der Waals surface area contributed by atoms with Gasteiger partial charge in [0.15, 0.2) is 4.34 Å². The molecule has 0 unspecified atom stereocenters. The van der Waals surface area contributed by atoms with Gasteiger partial charge in [0, 0.05) is 18.8 Å². The number of nitrogens with zero attached hydrogens (tertiary/aromatic N) is 3. The predicted octanol–water partition coefficient (Wildman–Crippen LogP) is 4.36. The second-order valence-corrected chi connectivity index (χ2v) is 8.62. The summed E-state index contributed by atoms with van der Waals surface area (Å²) in [5.41, 5.74) is 3.22. The number of thioether (sulfide) groups is 1. The first-order valence-electron chi connectivity index (χ1n) is 9.02. The van der Waals surface area contributed by atoms with Crippen molar-refractivity contribution >= 4 is 39.8 Å². The Morgan fingerprint density at radius 2 is 2.00 bits per heavy atom. The number of benzene rings is 2. The van der Waals surface area contributed by atoms with Gasteiger partial charge in [-0.15, -0.1) is 10.2 Å². The lowest BCUT2D eigenvalue weighted by Crippen LogP contribution is -2.36. The van der Waals surface area contributed by atoms with E-state index in [1.165, 1.54) is 40.8 Å². The van der Waals surface area contributed by atoms with E-state index in [1.54, 1.807) is 12.1 Å². The van der Waals surface area contributed by atoms with Crippen molar-refractivity contribution in [3.05, 3.63) is 65.5 Å². The summed E-state index contributed by atoms with van der Waals surface area (Å²) in [6, 6.07) is 14.4. The Hall–Kier alpha value is -2.45. The van der Waals surface area contributed by atoms with Crippen LogP contribution in [0.3, 0.4) is 0 Å². The highest BCUT2D eigenvalue weighted by Crippen LogP contribution is 2.30. The van der Waals surface area contributed by atoms with Gasteiger partial charge in [0.2, 0.25) is 11.0 Å². The van der Waals surface area contributed by atoms with Crippen molar-refractivity contribution in [3.63, 3.8) is 0 Å². The van der Waals surface area contributed by atoms with Crippen molar-refractivity contribution in [1.29, 1.82) is 0 Å². The van der Waals surface area contributed by atoms with Crippen molar-refractivity contribution < 1.29 is 9.18 Å². The molecular weight excluding hydrogens is 395 g/mol. The van der Waals surface area contributed by atoms with E-state index in [0.717, 1.165) is 35.0 Å². The highest BCUT2D eigenvalue weighted by molar-refractivity contribution is 8.01. The van der Waals surface area contributed by atoms with Gasteiger partial charge in [0.1, 0.15) is 5.82 Å². The van der Waals surface area contributed by atoms with Crippen LogP contribution in [0.25, 0.3) is 0 Å². The fraction of sp³-hybridized carbons (Fsp3) is 0.250. The molecule has 0 saturated carbocycles. The molecule has 0 aliphatic carbocycles. The predicted molar refractivity (Wildman–Crippen MR) is 111 cm³/mol. The van der Waals surface area contributed by atoms with E-state index in [0.29, 0.717) is 17.4 Å². The summed E-state index contributed by atoms with van der Waals surface area (Å²) < 4.78 is 13.7. The van der Waals surface area contributed by atoms with Gasteiger partial charge in [-0.05, 0) is 42.2 Å². The lowest BCUT2D eigenvalue weighted by Gasteiger charge is -2.29. The molecule has 0 fully saturated rings. The average molecular weight is 415 g/mol. The fourth-order valence-corrected chi connectivity index (χ4v) is 4.74. The molecule has 1 aliphatic heterocycles. The maximum atomic E-state index is 12.9. The summed E-state index contributed by atoms with van der Waals surface area (Å²) in [4.78, 5) is 14.6. The van der Waals surface area contributed by atoms with Crippen LogP contribution in [0.5, 0.6) is 0 Å². The second kappa shape index (κ2) is 8.70. The summed E-state index contributed by atoms with van der Waals surface area (Å²) in [6.07, 6.45) is 2.01. The third-order valence-electron chi connectivity index (χ3n) is 4.49. The Labute approximate surface area is 171 Å². The van der Waals surface area contributed by atoms with Crippen molar-refractivity contribution in [2.75, 3.05) is 22.5 Å². The number of fused-ring (bicyclic) bond motifs is 1. The van der Waals surface area contributed by atoms with Crippen LogP contribution in [0.2, 0.25) is 0 Å². The van der Waals surface area contributed by atoms with Crippen LogP contribution in [0, 0.1) is 5.82 Å².